The first-order valence-electron chi connectivity index (χ1n) is 5.95. The summed E-state index contributed by atoms with van der Waals surface area (Å²) in [5.41, 5.74) is 6.55. The molecule has 3 N–H and O–H groups in total. The van der Waals surface area contributed by atoms with Crippen LogP contribution >= 0.6 is 15.9 Å². The van der Waals surface area contributed by atoms with Crippen molar-refractivity contribution >= 4 is 25.8 Å². The normalized spacial score (nSPS) is 16.1. The molecule has 0 aliphatic heterocycles. The summed E-state index contributed by atoms with van der Waals surface area (Å²) in [6.07, 6.45) is 0.0512. The maximum absolute atomic E-state index is 11.8. The average Bonchev–Trinajstić information content (AvgIpc) is 2.30. The molecule has 0 radical (unpaired) electrons. The topological polar surface area (TPSA) is 80.4 Å². The Hall–Kier alpha value is -0.430. The molecule has 4 nitrogen and oxygen atoms in total. The second kappa shape index (κ2) is 5.91. The number of rotatable bonds is 5. The summed E-state index contributed by atoms with van der Waals surface area (Å²) in [6, 6.07) is 7.37. The summed E-state index contributed by atoms with van der Waals surface area (Å²) in [4.78, 5) is 0. The van der Waals surface area contributed by atoms with Crippen LogP contribution in [0.2, 0.25) is 0 Å². The lowest BCUT2D eigenvalue weighted by atomic mass is 9.87. The fourth-order valence-corrected chi connectivity index (χ4v) is 3.09. The van der Waals surface area contributed by atoms with Crippen molar-refractivity contribution in [3.63, 3.8) is 0 Å². The summed E-state index contributed by atoms with van der Waals surface area (Å²) >= 11 is 3.41. The van der Waals surface area contributed by atoms with Gasteiger partial charge in [0, 0.05) is 23.2 Å². The van der Waals surface area contributed by atoms with Crippen LogP contribution in [-0.2, 0) is 9.84 Å². The Bertz CT molecular complexity index is 543. The summed E-state index contributed by atoms with van der Waals surface area (Å²) < 4.78 is 23.2. The molecule has 1 aromatic rings. The summed E-state index contributed by atoms with van der Waals surface area (Å²) in [5.74, 6) is -0.444. The van der Waals surface area contributed by atoms with E-state index in [0.29, 0.717) is 0 Å². The van der Waals surface area contributed by atoms with Crippen molar-refractivity contribution in [2.75, 3.05) is 12.8 Å². The van der Waals surface area contributed by atoms with Crippen molar-refractivity contribution in [2.24, 2.45) is 5.73 Å². The lowest BCUT2D eigenvalue weighted by molar-refractivity contribution is 0.110. The van der Waals surface area contributed by atoms with Crippen molar-refractivity contribution < 1.29 is 13.5 Å². The number of hydrogen-bond donors (Lipinski definition) is 2. The first-order chi connectivity index (χ1) is 8.63. The van der Waals surface area contributed by atoms with E-state index >= 15 is 0 Å². The minimum absolute atomic E-state index is 0.169. The molecule has 2 atom stereocenters. The quantitative estimate of drug-likeness (QED) is 0.847. The van der Waals surface area contributed by atoms with Crippen molar-refractivity contribution in [2.45, 2.75) is 30.6 Å². The van der Waals surface area contributed by atoms with Crippen LogP contribution in [0.4, 0.5) is 0 Å². The zero-order chi connectivity index (χ0) is 14.8. The monoisotopic (exact) mass is 349 g/mol. The van der Waals surface area contributed by atoms with Crippen molar-refractivity contribution in [1.29, 1.82) is 0 Å². The minimum Gasteiger partial charge on any atom is -0.391 e. The van der Waals surface area contributed by atoms with Gasteiger partial charge in [0.2, 0.25) is 0 Å². The Morgan fingerprint density at radius 3 is 2.32 bits per heavy atom. The van der Waals surface area contributed by atoms with E-state index in [-0.39, 0.29) is 6.54 Å². The van der Waals surface area contributed by atoms with Gasteiger partial charge in [0.1, 0.15) is 0 Å². The smallest absolute Gasteiger partial charge is 0.155 e. The molecule has 0 bridgehead atoms. The number of halogens is 1. The largest absolute Gasteiger partial charge is 0.391 e. The lowest BCUT2D eigenvalue weighted by Crippen LogP contribution is -2.48. The molecule has 0 saturated heterocycles. The van der Waals surface area contributed by atoms with Gasteiger partial charge < -0.3 is 10.8 Å². The summed E-state index contributed by atoms with van der Waals surface area (Å²) in [7, 11) is -3.40. The Labute approximate surface area is 123 Å². The Morgan fingerprint density at radius 1 is 1.37 bits per heavy atom. The second-order valence-corrected chi connectivity index (χ2v) is 8.64. The van der Waals surface area contributed by atoms with Gasteiger partial charge in [-0.3, -0.25) is 0 Å². The number of aliphatic hydroxyl groups excluding tert-OH is 1. The predicted octanol–water partition coefficient (Wildman–Crippen LogP) is 1.68. The number of nitrogens with two attached hydrogens (primary N) is 1. The first-order valence-corrected chi connectivity index (χ1v) is 8.63. The highest BCUT2D eigenvalue weighted by atomic mass is 79.9. The van der Waals surface area contributed by atoms with Crippen molar-refractivity contribution in [3.8, 4) is 0 Å². The van der Waals surface area contributed by atoms with E-state index in [1.807, 2.05) is 24.3 Å². The summed E-state index contributed by atoms with van der Waals surface area (Å²) in [5, 5.41) is 10.5. The third-order valence-corrected chi connectivity index (χ3v) is 6.48. The van der Waals surface area contributed by atoms with Crippen LogP contribution < -0.4 is 5.73 Å². The molecule has 1 aromatic carbocycles. The third kappa shape index (κ3) is 3.37. The molecular weight excluding hydrogens is 330 g/mol. The second-order valence-electron chi connectivity index (χ2n) is 5.18. The van der Waals surface area contributed by atoms with Crippen LogP contribution in [0.15, 0.2) is 28.7 Å². The van der Waals surface area contributed by atoms with Gasteiger partial charge in [-0.25, -0.2) is 8.42 Å². The highest BCUT2D eigenvalue weighted by Crippen LogP contribution is 2.34. The number of aliphatic hydroxyl groups is 1. The molecule has 0 aromatic heterocycles. The summed E-state index contributed by atoms with van der Waals surface area (Å²) in [6.45, 7) is 3.21. The minimum atomic E-state index is -3.40. The van der Waals surface area contributed by atoms with Crippen LogP contribution in [0.5, 0.6) is 0 Å². The van der Waals surface area contributed by atoms with E-state index in [0.717, 1.165) is 16.3 Å². The van der Waals surface area contributed by atoms with Gasteiger partial charge in [-0.2, -0.15) is 0 Å². The van der Waals surface area contributed by atoms with E-state index in [4.69, 9.17) is 5.73 Å². The van der Waals surface area contributed by atoms with Gasteiger partial charge >= 0.3 is 0 Å². The molecule has 6 heteroatoms. The highest BCUT2D eigenvalue weighted by molar-refractivity contribution is 9.10. The molecular formula is C13H20BrNO3S. The third-order valence-electron chi connectivity index (χ3n) is 3.61. The molecule has 2 unspecified atom stereocenters. The Morgan fingerprint density at radius 2 is 1.89 bits per heavy atom. The first kappa shape index (κ1) is 16.6. The molecule has 108 valence electrons. The molecule has 1 rings (SSSR count). The standard InChI is InChI=1S/C13H20BrNO3S/c1-13(2,19(3,17)18)12(16)10(8-15)9-6-4-5-7-11(9)14/h4-7,10,12,16H,8,15H2,1-3H3. The van der Waals surface area contributed by atoms with E-state index in [9.17, 15) is 13.5 Å². The van der Waals surface area contributed by atoms with Crippen LogP contribution in [0.1, 0.15) is 25.3 Å². The maximum Gasteiger partial charge on any atom is 0.155 e. The highest BCUT2D eigenvalue weighted by Gasteiger charge is 2.42. The van der Waals surface area contributed by atoms with Crippen molar-refractivity contribution in [3.05, 3.63) is 34.3 Å². The molecule has 0 aliphatic rings. The maximum atomic E-state index is 11.8. The van der Waals surface area contributed by atoms with Crippen LogP contribution in [-0.4, -0.2) is 37.2 Å². The average molecular weight is 350 g/mol. The SMILES string of the molecule is CC(C)(C(O)C(CN)c1ccccc1Br)S(C)(=O)=O. The Balaban J connectivity index is 3.22. The molecule has 0 amide bonds. The fourth-order valence-electron chi connectivity index (χ4n) is 1.91. The van der Waals surface area contributed by atoms with Gasteiger partial charge in [0.15, 0.2) is 9.84 Å². The van der Waals surface area contributed by atoms with E-state index < -0.39 is 26.6 Å². The molecule has 0 saturated carbocycles. The number of hydrogen-bond acceptors (Lipinski definition) is 4. The van der Waals surface area contributed by atoms with Gasteiger partial charge in [-0.05, 0) is 25.5 Å². The molecule has 0 heterocycles. The van der Waals surface area contributed by atoms with Crippen molar-refractivity contribution in [1.82, 2.24) is 0 Å². The van der Waals surface area contributed by atoms with E-state index in [1.54, 1.807) is 0 Å². The predicted molar refractivity (Wildman–Crippen MR) is 80.9 cm³/mol. The Kier molecular flexibility index (Phi) is 5.17. The zero-order valence-corrected chi connectivity index (χ0v) is 13.7. The fraction of sp³-hybridized carbons (Fsp3) is 0.538. The van der Waals surface area contributed by atoms with Crippen LogP contribution in [0.3, 0.4) is 0 Å². The van der Waals surface area contributed by atoms with Gasteiger partial charge in [-0.1, -0.05) is 34.1 Å². The van der Waals surface area contributed by atoms with Gasteiger partial charge in [0.25, 0.3) is 0 Å². The van der Waals surface area contributed by atoms with Crippen LogP contribution in [0, 0.1) is 0 Å². The van der Waals surface area contributed by atoms with E-state index in [2.05, 4.69) is 15.9 Å². The molecule has 0 spiro atoms. The van der Waals surface area contributed by atoms with Gasteiger partial charge in [0.05, 0.1) is 10.9 Å². The zero-order valence-electron chi connectivity index (χ0n) is 11.3. The lowest BCUT2D eigenvalue weighted by Gasteiger charge is -2.34. The molecule has 19 heavy (non-hydrogen) atoms. The van der Waals surface area contributed by atoms with E-state index in [1.165, 1.54) is 13.8 Å². The number of benzene rings is 1. The number of sulfone groups is 1. The van der Waals surface area contributed by atoms with Crippen LogP contribution in [0.25, 0.3) is 0 Å². The molecule has 0 fully saturated rings. The molecule has 0 aliphatic carbocycles. The van der Waals surface area contributed by atoms with Gasteiger partial charge in [-0.15, -0.1) is 0 Å².